The third kappa shape index (κ3) is 0.680. The zero-order valence-corrected chi connectivity index (χ0v) is 6.64. The van der Waals surface area contributed by atoms with Crippen LogP contribution in [0.2, 0.25) is 0 Å². The van der Waals surface area contributed by atoms with Gasteiger partial charge >= 0.3 is 7.55 Å². The third-order valence-electron chi connectivity index (χ3n) is 2.33. The smallest absolute Gasteiger partial charge is 0.329 e. The lowest BCUT2D eigenvalue weighted by atomic mass is 10.0. The second-order valence-corrected chi connectivity index (χ2v) is 3.09. The molecule has 0 radical (unpaired) electrons. The number of rotatable bonds is 0. The van der Waals surface area contributed by atoms with Crippen LogP contribution >= 0.6 is 0 Å². The second-order valence-electron chi connectivity index (χ2n) is 3.09. The molecular formula is C9H8BN2+. The lowest BCUT2D eigenvalue weighted by Gasteiger charge is -2.07. The second kappa shape index (κ2) is 2.00. The number of aromatic nitrogens is 1. The zero-order chi connectivity index (χ0) is 7.97. The lowest BCUT2D eigenvalue weighted by molar-refractivity contribution is -0.306. The van der Waals surface area contributed by atoms with Crippen LogP contribution in [-0.2, 0) is 0 Å². The minimum absolute atomic E-state index is 0.946. The van der Waals surface area contributed by atoms with Crippen molar-refractivity contribution < 1.29 is 4.49 Å². The molecule has 2 nitrogen and oxygen atoms in total. The summed E-state index contributed by atoms with van der Waals surface area (Å²) in [7, 11) is 0.946. The van der Waals surface area contributed by atoms with Crippen LogP contribution in [0.5, 0.6) is 0 Å². The van der Waals surface area contributed by atoms with E-state index in [1.165, 1.54) is 11.4 Å². The maximum absolute atomic E-state index is 2.23. The van der Waals surface area contributed by atoms with Crippen molar-refractivity contribution in [2.24, 2.45) is 0 Å². The molecule has 56 valence electrons. The van der Waals surface area contributed by atoms with Gasteiger partial charge in [0.25, 0.3) is 0 Å². The molecule has 0 bridgehead atoms. The van der Waals surface area contributed by atoms with E-state index in [0.717, 1.165) is 7.55 Å². The lowest BCUT2D eigenvalue weighted by Crippen LogP contribution is -2.25. The molecule has 0 N–H and O–H groups in total. The van der Waals surface area contributed by atoms with Crippen molar-refractivity contribution in [3.8, 4) is 0 Å². The van der Waals surface area contributed by atoms with Crippen molar-refractivity contribution in [3.63, 3.8) is 0 Å². The summed E-state index contributed by atoms with van der Waals surface area (Å²) < 4.78 is 4.46. The fourth-order valence-electron chi connectivity index (χ4n) is 1.69. The number of fused-ring (bicyclic) bond motifs is 2. The molecule has 0 saturated heterocycles. The van der Waals surface area contributed by atoms with E-state index in [-0.39, 0.29) is 0 Å². The first-order chi connectivity index (χ1) is 5.93. The van der Waals surface area contributed by atoms with Crippen LogP contribution in [-0.4, -0.2) is 22.7 Å². The van der Waals surface area contributed by atoms with Crippen molar-refractivity contribution in [3.05, 3.63) is 41.9 Å². The highest BCUT2D eigenvalue weighted by Gasteiger charge is 2.23. The summed E-state index contributed by atoms with van der Waals surface area (Å²) in [6.45, 7) is 0. The zero-order valence-electron chi connectivity index (χ0n) is 6.64. The Labute approximate surface area is 71.4 Å². The van der Waals surface area contributed by atoms with Gasteiger partial charge in [-0.25, -0.2) is 0 Å². The van der Waals surface area contributed by atoms with Crippen molar-refractivity contribution >= 4 is 19.8 Å². The van der Waals surface area contributed by atoms with Crippen LogP contribution in [0.3, 0.4) is 0 Å². The standard InChI is InChI=1S/C9H8BN2/c1-3-8-7-9-4-2-6-12(9)10-11(8)5-1/h1-7,10H/q+1. The number of hydrogen-bond donors (Lipinski definition) is 0. The summed E-state index contributed by atoms with van der Waals surface area (Å²) in [6.07, 6.45) is 10.6. The van der Waals surface area contributed by atoms with Gasteiger partial charge in [-0.15, -0.1) is 0 Å². The van der Waals surface area contributed by atoms with Crippen molar-refractivity contribution in [2.75, 3.05) is 0 Å². The Kier molecular flexibility index (Phi) is 1.01. The Balaban J connectivity index is 2.23. The molecule has 0 fully saturated rings. The summed E-state index contributed by atoms with van der Waals surface area (Å²) in [4.78, 5) is 0. The van der Waals surface area contributed by atoms with Gasteiger partial charge in [-0.05, 0) is 18.3 Å². The van der Waals surface area contributed by atoms with Crippen molar-refractivity contribution in [2.45, 2.75) is 0 Å². The molecule has 0 amide bonds. The van der Waals surface area contributed by atoms with Gasteiger partial charge in [0.1, 0.15) is 6.21 Å². The van der Waals surface area contributed by atoms with Crippen LogP contribution in [0.15, 0.2) is 36.2 Å². The monoisotopic (exact) mass is 155 g/mol. The number of allylic oxidation sites excluding steroid dienone is 2. The van der Waals surface area contributed by atoms with E-state index in [1.54, 1.807) is 0 Å². The number of hydrogen-bond acceptors (Lipinski definition) is 0. The molecule has 0 aliphatic carbocycles. The average Bonchev–Trinajstić information content (AvgIpc) is 2.64. The van der Waals surface area contributed by atoms with E-state index in [4.69, 9.17) is 0 Å². The largest absolute Gasteiger partial charge is 0.604 e. The first kappa shape index (κ1) is 6.06. The molecule has 0 saturated carbocycles. The van der Waals surface area contributed by atoms with Gasteiger partial charge in [-0.1, -0.05) is 0 Å². The normalized spacial score (nSPS) is 17.7. The Morgan fingerprint density at radius 1 is 1.42 bits per heavy atom. The Morgan fingerprint density at radius 3 is 3.42 bits per heavy atom. The van der Waals surface area contributed by atoms with Gasteiger partial charge in [0, 0.05) is 23.9 Å². The molecule has 1 aromatic rings. The molecule has 1 aromatic heterocycles. The summed E-state index contributed by atoms with van der Waals surface area (Å²) in [5.74, 6) is 0. The molecule has 3 heteroatoms. The topological polar surface area (TPSA) is 7.94 Å². The SMILES string of the molecule is B1n2cccc2C=C2C=CC=[N+]12. The van der Waals surface area contributed by atoms with E-state index in [9.17, 15) is 0 Å². The highest BCUT2D eigenvalue weighted by molar-refractivity contribution is 6.26. The Bertz CT molecular complexity index is 423. The molecule has 0 spiro atoms. The number of nitrogens with zero attached hydrogens (tertiary/aromatic N) is 2. The molecule has 0 unspecified atom stereocenters. The summed E-state index contributed by atoms with van der Waals surface area (Å²) in [5.41, 5.74) is 2.59. The van der Waals surface area contributed by atoms with Crippen LogP contribution in [0.1, 0.15) is 5.69 Å². The summed E-state index contributed by atoms with van der Waals surface area (Å²) >= 11 is 0. The minimum Gasteiger partial charge on any atom is -0.329 e. The predicted molar refractivity (Wildman–Crippen MR) is 50.4 cm³/mol. The average molecular weight is 155 g/mol. The van der Waals surface area contributed by atoms with Gasteiger partial charge < -0.3 is 4.48 Å². The molecule has 0 aromatic carbocycles. The first-order valence-corrected chi connectivity index (χ1v) is 4.08. The van der Waals surface area contributed by atoms with Crippen molar-refractivity contribution in [1.29, 1.82) is 0 Å². The van der Waals surface area contributed by atoms with E-state index in [1.807, 2.05) is 0 Å². The Hall–Kier alpha value is -1.51. The fourth-order valence-corrected chi connectivity index (χ4v) is 1.69. The van der Waals surface area contributed by atoms with Gasteiger partial charge in [-0.3, -0.25) is 4.49 Å². The maximum Gasteiger partial charge on any atom is 0.604 e. The summed E-state index contributed by atoms with van der Waals surface area (Å²) in [5, 5.41) is 0. The quantitative estimate of drug-likeness (QED) is 0.485. The highest BCUT2D eigenvalue weighted by atomic mass is 15.1. The molecule has 12 heavy (non-hydrogen) atoms. The van der Waals surface area contributed by atoms with Gasteiger partial charge in [-0.2, -0.15) is 0 Å². The third-order valence-corrected chi connectivity index (χ3v) is 2.33. The molecule has 3 heterocycles. The minimum atomic E-state index is 0.946. The van der Waals surface area contributed by atoms with Crippen LogP contribution in [0.25, 0.3) is 6.08 Å². The first-order valence-electron chi connectivity index (χ1n) is 4.08. The highest BCUT2D eigenvalue weighted by Crippen LogP contribution is 2.16. The van der Waals surface area contributed by atoms with Gasteiger partial charge in [0.2, 0.25) is 0 Å². The molecule has 2 aliphatic heterocycles. The maximum atomic E-state index is 2.23. The fraction of sp³-hybridized carbons (Fsp3) is 0. The van der Waals surface area contributed by atoms with Gasteiger partial charge in [0.15, 0.2) is 5.70 Å². The van der Waals surface area contributed by atoms with Gasteiger partial charge in [0.05, 0.1) is 0 Å². The van der Waals surface area contributed by atoms with E-state index in [2.05, 4.69) is 51.7 Å². The van der Waals surface area contributed by atoms with Crippen LogP contribution in [0, 0.1) is 0 Å². The van der Waals surface area contributed by atoms with Crippen LogP contribution < -0.4 is 0 Å². The molecule has 0 atom stereocenters. The van der Waals surface area contributed by atoms with E-state index >= 15 is 0 Å². The molecular weight excluding hydrogens is 147 g/mol. The Morgan fingerprint density at radius 2 is 2.42 bits per heavy atom. The molecule has 3 rings (SSSR count). The van der Waals surface area contributed by atoms with E-state index < -0.39 is 0 Å². The van der Waals surface area contributed by atoms with E-state index in [0.29, 0.717) is 0 Å². The summed E-state index contributed by atoms with van der Waals surface area (Å²) in [6, 6.07) is 4.22. The van der Waals surface area contributed by atoms with Crippen molar-refractivity contribution in [1.82, 2.24) is 4.48 Å². The van der Waals surface area contributed by atoms with Crippen LogP contribution in [0.4, 0.5) is 0 Å². The predicted octanol–water partition coefficient (Wildman–Crippen LogP) is 0.610. The molecule has 2 aliphatic rings.